The zero-order valence-electron chi connectivity index (χ0n) is 15.8. The molecule has 0 heterocycles. The number of carbonyl (C=O) groups is 2. The fourth-order valence-corrected chi connectivity index (χ4v) is 2.23. The van der Waals surface area contributed by atoms with E-state index in [1.54, 1.807) is 20.8 Å². The smallest absolute Gasteiger partial charge is 0.408 e. The van der Waals surface area contributed by atoms with E-state index in [9.17, 15) is 9.59 Å². The quantitative estimate of drug-likeness (QED) is 0.397. The van der Waals surface area contributed by atoms with E-state index in [2.05, 4.69) is 10.5 Å². The van der Waals surface area contributed by atoms with Gasteiger partial charge in [0.2, 0.25) is 0 Å². The van der Waals surface area contributed by atoms with Gasteiger partial charge in [-0.05, 0) is 46.1 Å². The van der Waals surface area contributed by atoms with Gasteiger partial charge in [-0.25, -0.2) is 4.79 Å². The van der Waals surface area contributed by atoms with Crippen molar-refractivity contribution in [2.75, 3.05) is 5.88 Å². The molecule has 0 aromatic heterocycles. The van der Waals surface area contributed by atoms with E-state index in [0.29, 0.717) is 25.2 Å². The number of alkyl carbamates (subject to hydrolysis) is 1. The summed E-state index contributed by atoms with van der Waals surface area (Å²) < 4.78 is 5.18. The molecule has 0 aliphatic rings. The second-order valence-corrected chi connectivity index (χ2v) is 7.17. The standard InChI is InChI=1S/C19H27ClN2O4/c1-14(23)17(21-18(24)26-19(2,3)4)11-10-16(12-20)22-25-13-15-8-6-5-7-9-15/h5-9,17H,10-13H2,1-4H3,(H,21,24). The predicted octanol–water partition coefficient (Wildman–Crippen LogP) is 4.06. The maximum absolute atomic E-state index is 11.9. The van der Waals surface area contributed by atoms with E-state index in [4.69, 9.17) is 21.2 Å². The summed E-state index contributed by atoms with van der Waals surface area (Å²) in [6.45, 7) is 7.05. The van der Waals surface area contributed by atoms with Gasteiger partial charge in [0.1, 0.15) is 12.2 Å². The van der Waals surface area contributed by atoms with Crippen LogP contribution >= 0.6 is 11.6 Å². The van der Waals surface area contributed by atoms with E-state index in [-0.39, 0.29) is 11.7 Å². The first-order valence-corrected chi connectivity index (χ1v) is 9.02. The Morgan fingerprint density at radius 2 is 1.88 bits per heavy atom. The number of Topliss-reactive ketones (excluding diaryl/α,β-unsaturated/α-hetero) is 1. The molecule has 0 aliphatic carbocycles. The van der Waals surface area contributed by atoms with Gasteiger partial charge in [0.15, 0.2) is 5.78 Å². The first-order chi connectivity index (χ1) is 12.2. The molecule has 6 nitrogen and oxygen atoms in total. The number of alkyl halides is 1. The van der Waals surface area contributed by atoms with Crippen LogP contribution in [-0.4, -0.2) is 35.1 Å². The highest BCUT2D eigenvalue weighted by atomic mass is 35.5. The van der Waals surface area contributed by atoms with Gasteiger partial charge >= 0.3 is 6.09 Å². The molecule has 0 fully saturated rings. The molecular weight excluding hydrogens is 356 g/mol. The summed E-state index contributed by atoms with van der Waals surface area (Å²) in [7, 11) is 0. The van der Waals surface area contributed by atoms with Crippen LogP contribution < -0.4 is 5.32 Å². The molecule has 1 aromatic rings. The van der Waals surface area contributed by atoms with E-state index in [0.717, 1.165) is 5.56 Å². The van der Waals surface area contributed by atoms with Crippen LogP contribution in [0.4, 0.5) is 4.79 Å². The molecule has 26 heavy (non-hydrogen) atoms. The minimum absolute atomic E-state index is 0.157. The van der Waals surface area contributed by atoms with Gasteiger partial charge in [0.05, 0.1) is 17.6 Å². The molecule has 1 rings (SSSR count). The highest BCUT2D eigenvalue weighted by molar-refractivity contribution is 6.28. The Balaban J connectivity index is 2.52. The number of hydrogen-bond donors (Lipinski definition) is 1. The molecule has 1 amide bonds. The second kappa shape index (κ2) is 10.8. The van der Waals surface area contributed by atoms with Gasteiger partial charge in [-0.2, -0.15) is 0 Å². The lowest BCUT2D eigenvalue weighted by Gasteiger charge is -2.22. The summed E-state index contributed by atoms with van der Waals surface area (Å²) in [5, 5.41) is 6.62. The lowest BCUT2D eigenvalue weighted by Crippen LogP contribution is -2.43. The molecule has 0 bridgehead atoms. The molecule has 1 aromatic carbocycles. The van der Waals surface area contributed by atoms with Crippen LogP contribution in [0.1, 0.15) is 46.1 Å². The summed E-state index contributed by atoms with van der Waals surface area (Å²) in [6, 6.07) is 8.98. The lowest BCUT2D eigenvalue weighted by atomic mass is 10.1. The fourth-order valence-electron chi connectivity index (χ4n) is 2.05. The van der Waals surface area contributed by atoms with Crippen molar-refractivity contribution in [2.45, 2.75) is 58.8 Å². The molecule has 1 atom stereocenters. The SMILES string of the molecule is CC(=O)C(CCC(CCl)=NOCc1ccccc1)NC(=O)OC(C)(C)C. The Labute approximate surface area is 159 Å². The summed E-state index contributed by atoms with van der Waals surface area (Å²) in [6.07, 6.45) is 0.176. The summed E-state index contributed by atoms with van der Waals surface area (Å²) in [5.74, 6) is 0.0289. The molecule has 0 saturated heterocycles. The highest BCUT2D eigenvalue weighted by Gasteiger charge is 2.22. The number of nitrogens with one attached hydrogen (secondary N) is 1. The van der Waals surface area contributed by atoms with Crippen LogP contribution in [-0.2, 0) is 21.0 Å². The molecule has 7 heteroatoms. The van der Waals surface area contributed by atoms with Crippen molar-refractivity contribution in [3.63, 3.8) is 0 Å². The maximum atomic E-state index is 11.9. The van der Waals surface area contributed by atoms with Crippen LogP contribution in [0.5, 0.6) is 0 Å². The van der Waals surface area contributed by atoms with Crippen LogP contribution in [0.25, 0.3) is 0 Å². The Morgan fingerprint density at radius 3 is 2.42 bits per heavy atom. The maximum Gasteiger partial charge on any atom is 0.408 e. The summed E-state index contributed by atoms with van der Waals surface area (Å²) >= 11 is 5.90. The molecule has 0 saturated carbocycles. The van der Waals surface area contributed by atoms with E-state index < -0.39 is 17.7 Å². The third-order valence-electron chi connectivity index (χ3n) is 3.33. The van der Waals surface area contributed by atoms with Gasteiger partial charge in [-0.3, -0.25) is 4.79 Å². The molecule has 1 N–H and O–H groups in total. The predicted molar refractivity (Wildman–Crippen MR) is 102 cm³/mol. The van der Waals surface area contributed by atoms with Crippen molar-refractivity contribution in [3.05, 3.63) is 35.9 Å². The van der Waals surface area contributed by atoms with Crippen LogP contribution in [0.3, 0.4) is 0 Å². The minimum atomic E-state index is -0.660. The van der Waals surface area contributed by atoms with E-state index in [1.807, 2.05) is 30.3 Å². The number of ketones is 1. The lowest BCUT2D eigenvalue weighted by molar-refractivity contribution is -0.119. The zero-order chi connectivity index (χ0) is 19.6. The number of amides is 1. The number of oxime groups is 1. The Kier molecular flexibility index (Phi) is 9.13. The second-order valence-electron chi connectivity index (χ2n) is 6.90. The van der Waals surface area contributed by atoms with Gasteiger partial charge in [-0.1, -0.05) is 35.5 Å². The number of halogens is 1. The van der Waals surface area contributed by atoms with Crippen LogP contribution in [0.15, 0.2) is 35.5 Å². The molecular formula is C19H27ClN2O4. The van der Waals surface area contributed by atoms with Crippen molar-refractivity contribution in [1.82, 2.24) is 5.32 Å². The number of rotatable bonds is 9. The Morgan fingerprint density at radius 1 is 1.23 bits per heavy atom. The zero-order valence-corrected chi connectivity index (χ0v) is 16.5. The van der Waals surface area contributed by atoms with Crippen LogP contribution in [0.2, 0.25) is 0 Å². The first-order valence-electron chi connectivity index (χ1n) is 8.49. The van der Waals surface area contributed by atoms with Crippen molar-refractivity contribution >= 4 is 29.2 Å². The van der Waals surface area contributed by atoms with E-state index in [1.165, 1.54) is 6.92 Å². The largest absolute Gasteiger partial charge is 0.444 e. The third kappa shape index (κ3) is 9.42. The number of ether oxygens (including phenoxy) is 1. The van der Waals surface area contributed by atoms with Crippen molar-refractivity contribution in [3.8, 4) is 0 Å². The average molecular weight is 383 g/mol. The Bertz CT molecular complexity index is 612. The average Bonchev–Trinajstić information content (AvgIpc) is 2.55. The Hall–Kier alpha value is -2.08. The number of carbonyl (C=O) groups excluding carboxylic acids is 2. The van der Waals surface area contributed by atoms with Crippen molar-refractivity contribution in [2.24, 2.45) is 5.16 Å². The minimum Gasteiger partial charge on any atom is -0.444 e. The fraction of sp³-hybridized carbons (Fsp3) is 0.526. The number of hydrogen-bond acceptors (Lipinski definition) is 5. The van der Waals surface area contributed by atoms with Crippen molar-refractivity contribution in [1.29, 1.82) is 0 Å². The normalized spacial score (nSPS) is 13.0. The molecule has 1 unspecified atom stereocenters. The summed E-state index contributed by atoms with van der Waals surface area (Å²) in [5.41, 5.74) is 0.984. The number of nitrogens with zero attached hydrogens (tertiary/aromatic N) is 1. The molecule has 0 radical (unpaired) electrons. The molecule has 0 aliphatic heterocycles. The third-order valence-corrected chi connectivity index (χ3v) is 3.63. The number of benzene rings is 1. The van der Waals surface area contributed by atoms with Crippen molar-refractivity contribution < 1.29 is 19.2 Å². The van der Waals surface area contributed by atoms with Gasteiger partial charge in [0, 0.05) is 0 Å². The monoisotopic (exact) mass is 382 g/mol. The van der Waals surface area contributed by atoms with Crippen LogP contribution in [0, 0.1) is 0 Å². The van der Waals surface area contributed by atoms with Gasteiger partial charge < -0.3 is 14.9 Å². The molecule has 0 spiro atoms. The topological polar surface area (TPSA) is 77.0 Å². The first kappa shape index (κ1) is 22.0. The van der Waals surface area contributed by atoms with Gasteiger partial charge in [-0.15, -0.1) is 11.6 Å². The summed E-state index contributed by atoms with van der Waals surface area (Å²) in [4.78, 5) is 28.9. The van der Waals surface area contributed by atoms with Gasteiger partial charge in [0.25, 0.3) is 0 Å². The molecule has 144 valence electrons. The van der Waals surface area contributed by atoms with E-state index >= 15 is 0 Å². The highest BCUT2D eigenvalue weighted by Crippen LogP contribution is 2.09.